The van der Waals surface area contributed by atoms with Gasteiger partial charge in [0.15, 0.2) is 0 Å². The van der Waals surface area contributed by atoms with Crippen molar-refractivity contribution in [2.24, 2.45) is 0 Å². The van der Waals surface area contributed by atoms with Gasteiger partial charge in [-0.15, -0.1) is 0 Å². The molecule has 1 aliphatic carbocycles. The summed E-state index contributed by atoms with van der Waals surface area (Å²) in [5.41, 5.74) is 4.27. The average molecular weight is 349 g/mol. The first kappa shape index (κ1) is 16.6. The number of nitrogens with zero attached hydrogens (tertiary/aromatic N) is 2. The molecule has 0 radical (unpaired) electrons. The third kappa shape index (κ3) is 3.27. The number of aromatic amines is 1. The van der Waals surface area contributed by atoms with Gasteiger partial charge in [-0.2, -0.15) is 5.10 Å². The molecule has 26 heavy (non-hydrogen) atoms. The maximum atomic E-state index is 12.3. The molecule has 2 amide bonds. The number of hydrogen-bond donors (Lipinski definition) is 3. The topological polar surface area (TPSA) is 82.7 Å². The minimum atomic E-state index is -0.278. The Balaban J connectivity index is 1.43. The van der Waals surface area contributed by atoms with Crippen molar-refractivity contribution in [2.75, 3.05) is 5.32 Å². The Labute approximate surface area is 152 Å². The molecule has 6 nitrogen and oxygen atoms in total. The van der Waals surface area contributed by atoms with E-state index in [2.05, 4.69) is 25.8 Å². The second-order valence-corrected chi connectivity index (χ2v) is 7.08. The monoisotopic (exact) mass is 349 g/mol. The standard InChI is InChI=1S/C20H23N5O/c1-12-6-8-14(9-7-12)13(2)22-20(26)23-18-10-17-16(11-21-18)19(25-24-17)15-4-3-5-15/h6-11,13,15H,3-5H2,1-2H3,(H,24,25)(H2,21,22,23,26)/t13-/m1/s1. The predicted molar refractivity (Wildman–Crippen MR) is 102 cm³/mol. The average Bonchev–Trinajstić information content (AvgIpc) is 2.96. The number of urea groups is 1. The number of carbonyl (C=O) groups is 1. The number of anilines is 1. The second-order valence-electron chi connectivity index (χ2n) is 7.08. The van der Waals surface area contributed by atoms with Gasteiger partial charge in [0.05, 0.1) is 11.6 Å². The fraction of sp³-hybridized carbons (Fsp3) is 0.350. The summed E-state index contributed by atoms with van der Waals surface area (Å²) >= 11 is 0. The van der Waals surface area contributed by atoms with Crippen molar-refractivity contribution >= 4 is 22.8 Å². The molecular weight excluding hydrogens is 326 g/mol. The lowest BCUT2D eigenvalue weighted by atomic mass is 9.82. The molecule has 1 aliphatic rings. The highest BCUT2D eigenvalue weighted by Crippen LogP contribution is 2.38. The van der Waals surface area contributed by atoms with Crippen molar-refractivity contribution < 1.29 is 4.79 Å². The largest absolute Gasteiger partial charge is 0.331 e. The summed E-state index contributed by atoms with van der Waals surface area (Å²) < 4.78 is 0. The van der Waals surface area contributed by atoms with Crippen LogP contribution in [0.15, 0.2) is 36.5 Å². The van der Waals surface area contributed by atoms with Crippen LogP contribution in [0.25, 0.3) is 10.9 Å². The second kappa shape index (κ2) is 6.78. The molecule has 0 unspecified atom stereocenters. The molecule has 3 N–H and O–H groups in total. The zero-order valence-corrected chi connectivity index (χ0v) is 15.0. The minimum absolute atomic E-state index is 0.0880. The normalized spacial score (nSPS) is 15.5. The summed E-state index contributed by atoms with van der Waals surface area (Å²) in [5, 5.41) is 14.3. The van der Waals surface area contributed by atoms with E-state index in [1.165, 1.54) is 30.5 Å². The Morgan fingerprint density at radius 2 is 2.04 bits per heavy atom. The minimum Gasteiger partial charge on any atom is -0.331 e. The van der Waals surface area contributed by atoms with E-state index in [9.17, 15) is 4.79 Å². The summed E-state index contributed by atoms with van der Waals surface area (Å²) in [5.74, 6) is 1.07. The van der Waals surface area contributed by atoms with E-state index in [1.54, 1.807) is 6.20 Å². The Kier molecular flexibility index (Phi) is 4.32. The van der Waals surface area contributed by atoms with Crippen LogP contribution in [-0.2, 0) is 0 Å². The van der Waals surface area contributed by atoms with Gasteiger partial charge < -0.3 is 5.32 Å². The van der Waals surface area contributed by atoms with E-state index >= 15 is 0 Å². The number of hydrogen-bond acceptors (Lipinski definition) is 3. The molecule has 6 heteroatoms. The van der Waals surface area contributed by atoms with Crippen LogP contribution in [0.4, 0.5) is 10.6 Å². The molecule has 1 fully saturated rings. The van der Waals surface area contributed by atoms with Crippen LogP contribution >= 0.6 is 0 Å². The number of pyridine rings is 1. The fourth-order valence-electron chi connectivity index (χ4n) is 3.29. The Morgan fingerprint density at radius 1 is 1.27 bits per heavy atom. The Hall–Kier alpha value is -2.89. The van der Waals surface area contributed by atoms with Crippen molar-refractivity contribution in [3.63, 3.8) is 0 Å². The number of aromatic nitrogens is 3. The summed E-state index contributed by atoms with van der Waals surface area (Å²) in [6, 6.07) is 9.57. The van der Waals surface area contributed by atoms with Gasteiger partial charge in [-0.1, -0.05) is 36.2 Å². The third-order valence-electron chi connectivity index (χ3n) is 5.15. The molecule has 2 heterocycles. The van der Waals surface area contributed by atoms with Crippen molar-refractivity contribution in [3.05, 3.63) is 53.3 Å². The van der Waals surface area contributed by atoms with Gasteiger partial charge in [0.1, 0.15) is 5.82 Å². The Morgan fingerprint density at radius 3 is 2.73 bits per heavy atom. The molecule has 2 aromatic heterocycles. The molecule has 0 saturated heterocycles. The summed E-state index contributed by atoms with van der Waals surface area (Å²) in [6.07, 6.45) is 5.48. The van der Waals surface area contributed by atoms with E-state index in [0.29, 0.717) is 11.7 Å². The number of benzene rings is 1. The number of amides is 2. The molecule has 3 aromatic rings. The van der Waals surface area contributed by atoms with Crippen LogP contribution < -0.4 is 10.6 Å². The zero-order valence-electron chi connectivity index (χ0n) is 15.0. The summed E-state index contributed by atoms with van der Waals surface area (Å²) in [7, 11) is 0. The molecule has 4 rings (SSSR count). The third-order valence-corrected chi connectivity index (χ3v) is 5.15. The van der Waals surface area contributed by atoms with Crippen LogP contribution in [0, 0.1) is 6.92 Å². The molecule has 0 bridgehead atoms. The smallest absolute Gasteiger partial charge is 0.320 e. The highest BCUT2D eigenvalue weighted by Gasteiger charge is 2.23. The SMILES string of the molecule is Cc1ccc([C@@H](C)NC(=O)Nc2cc3n[nH]c(C4CCC4)c3cn2)cc1. The van der Waals surface area contributed by atoms with Gasteiger partial charge >= 0.3 is 6.03 Å². The quantitative estimate of drug-likeness (QED) is 0.652. The highest BCUT2D eigenvalue weighted by atomic mass is 16.2. The summed E-state index contributed by atoms with van der Waals surface area (Å²) in [4.78, 5) is 16.7. The number of aryl methyl sites for hydroxylation is 1. The van der Waals surface area contributed by atoms with Gasteiger partial charge in [-0.3, -0.25) is 10.4 Å². The van der Waals surface area contributed by atoms with Crippen LogP contribution in [0.2, 0.25) is 0 Å². The molecule has 0 spiro atoms. The number of carbonyl (C=O) groups excluding carboxylic acids is 1. The van der Waals surface area contributed by atoms with Crippen molar-refractivity contribution in [1.82, 2.24) is 20.5 Å². The Bertz CT molecular complexity index is 927. The maximum Gasteiger partial charge on any atom is 0.320 e. The van der Waals surface area contributed by atoms with Crippen LogP contribution in [0.3, 0.4) is 0 Å². The first-order valence-corrected chi connectivity index (χ1v) is 9.08. The molecule has 134 valence electrons. The number of fused-ring (bicyclic) bond motifs is 1. The molecule has 0 aliphatic heterocycles. The highest BCUT2D eigenvalue weighted by molar-refractivity contribution is 5.91. The lowest BCUT2D eigenvalue weighted by Gasteiger charge is -2.24. The molecular formula is C20H23N5O. The fourth-order valence-corrected chi connectivity index (χ4v) is 3.29. The first-order valence-electron chi connectivity index (χ1n) is 9.08. The molecule has 1 aromatic carbocycles. The van der Waals surface area contributed by atoms with Crippen LogP contribution in [0.1, 0.15) is 55.0 Å². The van der Waals surface area contributed by atoms with Gasteiger partial charge in [0, 0.05) is 29.3 Å². The van der Waals surface area contributed by atoms with Gasteiger partial charge in [0.2, 0.25) is 0 Å². The van der Waals surface area contributed by atoms with E-state index in [0.717, 1.165) is 16.5 Å². The first-order chi connectivity index (χ1) is 12.6. The van der Waals surface area contributed by atoms with Crippen molar-refractivity contribution in [2.45, 2.75) is 45.1 Å². The van der Waals surface area contributed by atoms with E-state index in [4.69, 9.17) is 0 Å². The molecule has 1 saturated carbocycles. The van der Waals surface area contributed by atoms with E-state index < -0.39 is 0 Å². The van der Waals surface area contributed by atoms with Crippen LogP contribution in [0.5, 0.6) is 0 Å². The van der Waals surface area contributed by atoms with Gasteiger partial charge in [0.25, 0.3) is 0 Å². The predicted octanol–water partition coefficient (Wildman–Crippen LogP) is 4.42. The lowest BCUT2D eigenvalue weighted by Crippen LogP contribution is -2.31. The van der Waals surface area contributed by atoms with E-state index in [1.807, 2.05) is 44.2 Å². The maximum absolute atomic E-state index is 12.3. The van der Waals surface area contributed by atoms with Crippen LogP contribution in [-0.4, -0.2) is 21.2 Å². The zero-order chi connectivity index (χ0) is 18.1. The number of nitrogens with one attached hydrogen (secondary N) is 3. The lowest BCUT2D eigenvalue weighted by molar-refractivity contribution is 0.249. The van der Waals surface area contributed by atoms with Crippen molar-refractivity contribution in [3.8, 4) is 0 Å². The van der Waals surface area contributed by atoms with Crippen molar-refractivity contribution in [1.29, 1.82) is 0 Å². The van der Waals surface area contributed by atoms with Gasteiger partial charge in [-0.25, -0.2) is 9.78 Å². The molecule has 1 atom stereocenters. The number of rotatable bonds is 4. The van der Waals surface area contributed by atoms with E-state index in [-0.39, 0.29) is 12.1 Å². The van der Waals surface area contributed by atoms with Gasteiger partial charge in [-0.05, 0) is 32.3 Å². The summed E-state index contributed by atoms with van der Waals surface area (Å²) in [6.45, 7) is 4.00. The number of H-pyrrole nitrogens is 1.